The first-order chi connectivity index (χ1) is 10.8. The average Bonchev–Trinajstić information content (AvgIpc) is 2.56. The molecule has 0 unspecified atom stereocenters. The lowest BCUT2D eigenvalue weighted by atomic mass is 10.0. The van der Waals surface area contributed by atoms with Gasteiger partial charge in [-0.2, -0.15) is 0 Å². The normalized spacial score (nSPS) is 10.4. The lowest BCUT2D eigenvalue weighted by Crippen LogP contribution is -2.02. The topological polar surface area (TPSA) is 35.2 Å². The largest absolute Gasteiger partial charge is 0.493 e. The van der Waals surface area contributed by atoms with Gasteiger partial charge in [0.1, 0.15) is 5.75 Å². The minimum absolute atomic E-state index is 0.656. The fourth-order valence-electron chi connectivity index (χ4n) is 2.46. The van der Waals surface area contributed by atoms with Gasteiger partial charge in [0, 0.05) is 17.7 Å². The zero-order valence-electron chi connectivity index (χ0n) is 12.4. The maximum absolute atomic E-state index is 5.99. The monoisotopic (exact) mass is 289 g/mol. The molecule has 3 aromatic carbocycles. The van der Waals surface area contributed by atoms with Crippen LogP contribution in [0.2, 0.25) is 0 Å². The van der Waals surface area contributed by atoms with Crippen LogP contribution >= 0.6 is 0 Å². The van der Waals surface area contributed by atoms with E-state index in [1.165, 1.54) is 5.56 Å². The third-order valence-electron chi connectivity index (χ3n) is 3.58. The molecule has 0 aromatic heterocycles. The molecular weight excluding hydrogens is 270 g/mol. The second kappa shape index (κ2) is 6.81. The fraction of sp³-hybridized carbons (Fsp3) is 0.100. The molecule has 0 bridgehead atoms. The molecule has 0 aliphatic heterocycles. The Morgan fingerprint density at radius 1 is 0.773 bits per heavy atom. The molecule has 0 spiro atoms. The number of anilines is 1. The van der Waals surface area contributed by atoms with Crippen molar-refractivity contribution in [2.24, 2.45) is 0 Å². The molecule has 0 heterocycles. The van der Waals surface area contributed by atoms with Crippen molar-refractivity contribution in [3.63, 3.8) is 0 Å². The van der Waals surface area contributed by atoms with Gasteiger partial charge in [0.15, 0.2) is 0 Å². The van der Waals surface area contributed by atoms with Crippen LogP contribution in [0.25, 0.3) is 11.1 Å². The van der Waals surface area contributed by atoms with E-state index in [0.717, 1.165) is 29.0 Å². The van der Waals surface area contributed by atoms with Gasteiger partial charge in [0.05, 0.1) is 6.61 Å². The molecule has 0 saturated heterocycles. The second-order valence-electron chi connectivity index (χ2n) is 5.21. The Morgan fingerprint density at radius 3 is 2.36 bits per heavy atom. The van der Waals surface area contributed by atoms with E-state index >= 15 is 0 Å². The first-order valence-corrected chi connectivity index (χ1v) is 7.44. The summed E-state index contributed by atoms with van der Waals surface area (Å²) < 4.78 is 5.99. The predicted molar refractivity (Wildman–Crippen MR) is 91.9 cm³/mol. The van der Waals surface area contributed by atoms with Crippen LogP contribution in [-0.2, 0) is 6.42 Å². The average molecular weight is 289 g/mol. The van der Waals surface area contributed by atoms with Crippen LogP contribution in [0.1, 0.15) is 5.56 Å². The number of rotatable bonds is 5. The summed E-state index contributed by atoms with van der Waals surface area (Å²) in [7, 11) is 0. The number of hydrogen-bond acceptors (Lipinski definition) is 2. The van der Waals surface area contributed by atoms with Crippen molar-refractivity contribution < 1.29 is 4.74 Å². The summed E-state index contributed by atoms with van der Waals surface area (Å²) in [4.78, 5) is 0. The molecule has 2 N–H and O–H groups in total. The van der Waals surface area contributed by atoms with Gasteiger partial charge >= 0.3 is 0 Å². The molecule has 3 rings (SSSR count). The van der Waals surface area contributed by atoms with E-state index in [1.54, 1.807) is 0 Å². The third kappa shape index (κ3) is 3.47. The van der Waals surface area contributed by atoms with E-state index in [1.807, 2.05) is 42.5 Å². The Bertz CT molecular complexity index is 737. The Labute approximate surface area is 131 Å². The Hall–Kier alpha value is -2.74. The Balaban J connectivity index is 1.74. The van der Waals surface area contributed by atoms with Crippen molar-refractivity contribution in [3.8, 4) is 16.9 Å². The minimum Gasteiger partial charge on any atom is -0.493 e. The summed E-state index contributed by atoms with van der Waals surface area (Å²) in [6.07, 6.45) is 0.895. The first-order valence-electron chi connectivity index (χ1n) is 7.44. The molecule has 0 fully saturated rings. The van der Waals surface area contributed by atoms with E-state index in [2.05, 4.69) is 36.4 Å². The predicted octanol–water partition coefficient (Wildman–Crippen LogP) is 4.56. The molecule has 0 atom stereocenters. The lowest BCUT2D eigenvalue weighted by molar-refractivity contribution is 0.323. The molecule has 0 radical (unpaired) electrons. The van der Waals surface area contributed by atoms with Crippen LogP contribution in [0.4, 0.5) is 5.69 Å². The molecule has 0 aliphatic rings. The molecule has 2 nitrogen and oxygen atoms in total. The number of nitrogens with two attached hydrogens (primary N) is 1. The van der Waals surface area contributed by atoms with E-state index in [0.29, 0.717) is 6.61 Å². The summed E-state index contributed by atoms with van der Waals surface area (Å²) in [6.45, 7) is 0.656. The van der Waals surface area contributed by atoms with Gasteiger partial charge in [-0.15, -0.1) is 0 Å². The zero-order chi connectivity index (χ0) is 15.2. The number of ether oxygens (including phenoxy) is 1. The maximum Gasteiger partial charge on any atom is 0.127 e. The van der Waals surface area contributed by atoms with Crippen LogP contribution in [0.5, 0.6) is 5.75 Å². The quantitative estimate of drug-likeness (QED) is 0.699. The summed E-state index contributed by atoms with van der Waals surface area (Å²) in [5.41, 5.74) is 10.1. The molecule has 0 saturated carbocycles. The zero-order valence-corrected chi connectivity index (χ0v) is 12.4. The van der Waals surface area contributed by atoms with E-state index in [9.17, 15) is 0 Å². The molecule has 110 valence electrons. The number of nitrogen functional groups attached to an aromatic ring is 1. The van der Waals surface area contributed by atoms with Gasteiger partial charge in [-0.05, 0) is 29.3 Å². The summed E-state index contributed by atoms with van der Waals surface area (Å²) in [6, 6.07) is 26.3. The van der Waals surface area contributed by atoms with Gasteiger partial charge < -0.3 is 10.5 Å². The Morgan fingerprint density at radius 2 is 1.55 bits per heavy atom. The van der Waals surface area contributed by atoms with Crippen LogP contribution in [0, 0.1) is 0 Å². The fourth-order valence-corrected chi connectivity index (χ4v) is 2.46. The van der Waals surface area contributed by atoms with E-state index in [-0.39, 0.29) is 0 Å². The Kier molecular flexibility index (Phi) is 4.40. The summed E-state index contributed by atoms with van der Waals surface area (Å²) in [5.74, 6) is 0.893. The standard InChI is InChI=1S/C20H19NO/c21-18-10-6-9-17(15-18)19-11-4-5-12-20(19)22-14-13-16-7-2-1-3-8-16/h1-12,15H,13-14,21H2. The van der Waals surface area contributed by atoms with Gasteiger partial charge in [-0.1, -0.05) is 60.7 Å². The van der Waals surface area contributed by atoms with Crippen molar-refractivity contribution in [1.29, 1.82) is 0 Å². The molecule has 22 heavy (non-hydrogen) atoms. The van der Waals surface area contributed by atoms with Crippen molar-refractivity contribution >= 4 is 5.69 Å². The van der Waals surface area contributed by atoms with Gasteiger partial charge in [0.25, 0.3) is 0 Å². The highest BCUT2D eigenvalue weighted by Crippen LogP contribution is 2.30. The first kappa shape index (κ1) is 14.2. The summed E-state index contributed by atoms with van der Waals surface area (Å²) in [5, 5.41) is 0. The maximum atomic E-state index is 5.99. The molecule has 2 heteroatoms. The number of benzene rings is 3. The number of hydrogen-bond donors (Lipinski definition) is 1. The van der Waals surface area contributed by atoms with Gasteiger partial charge in [-0.25, -0.2) is 0 Å². The highest BCUT2D eigenvalue weighted by atomic mass is 16.5. The van der Waals surface area contributed by atoms with Crippen LogP contribution in [0.3, 0.4) is 0 Å². The SMILES string of the molecule is Nc1cccc(-c2ccccc2OCCc2ccccc2)c1. The smallest absolute Gasteiger partial charge is 0.127 e. The van der Waals surface area contributed by atoms with Crippen molar-refractivity contribution in [1.82, 2.24) is 0 Å². The van der Waals surface area contributed by atoms with Crippen molar-refractivity contribution in [2.45, 2.75) is 6.42 Å². The van der Waals surface area contributed by atoms with Crippen LogP contribution in [-0.4, -0.2) is 6.61 Å². The molecule has 0 aliphatic carbocycles. The molecular formula is C20H19NO. The van der Waals surface area contributed by atoms with E-state index in [4.69, 9.17) is 10.5 Å². The van der Waals surface area contributed by atoms with Crippen molar-refractivity contribution in [2.75, 3.05) is 12.3 Å². The van der Waals surface area contributed by atoms with Crippen LogP contribution < -0.4 is 10.5 Å². The minimum atomic E-state index is 0.656. The van der Waals surface area contributed by atoms with Gasteiger partial charge in [-0.3, -0.25) is 0 Å². The number of para-hydroxylation sites is 1. The highest BCUT2D eigenvalue weighted by Gasteiger charge is 2.06. The van der Waals surface area contributed by atoms with Crippen molar-refractivity contribution in [3.05, 3.63) is 84.4 Å². The third-order valence-corrected chi connectivity index (χ3v) is 3.58. The lowest BCUT2D eigenvalue weighted by Gasteiger charge is -2.12. The second-order valence-corrected chi connectivity index (χ2v) is 5.21. The molecule has 3 aromatic rings. The molecule has 0 amide bonds. The van der Waals surface area contributed by atoms with Crippen LogP contribution in [0.15, 0.2) is 78.9 Å². The summed E-state index contributed by atoms with van der Waals surface area (Å²) >= 11 is 0. The highest BCUT2D eigenvalue weighted by molar-refractivity contribution is 5.72. The van der Waals surface area contributed by atoms with E-state index < -0.39 is 0 Å². The van der Waals surface area contributed by atoms with Gasteiger partial charge in [0.2, 0.25) is 0 Å².